The van der Waals surface area contributed by atoms with Crippen LogP contribution >= 0.6 is 0 Å². The van der Waals surface area contributed by atoms with Gasteiger partial charge in [-0.05, 0) is 30.3 Å². The van der Waals surface area contributed by atoms with Gasteiger partial charge in [0, 0.05) is 5.39 Å². The van der Waals surface area contributed by atoms with Gasteiger partial charge in [-0.2, -0.15) is 0 Å². The Morgan fingerprint density at radius 1 is 0.783 bits per heavy atom. The number of phenols is 2. The summed E-state index contributed by atoms with van der Waals surface area (Å²) >= 11 is 0. The lowest BCUT2D eigenvalue weighted by molar-refractivity contribution is 0.0697. The SMILES string of the molecule is O=C(O)c1ccccc1/N=N/c1ccc(O)c2cccc(O)c12. The number of hydrogen-bond acceptors (Lipinski definition) is 5. The molecule has 3 N–H and O–H groups in total. The number of phenolic OH excluding ortho intramolecular Hbond substituents is 2. The zero-order valence-electron chi connectivity index (χ0n) is 11.8. The number of azo groups is 1. The molecule has 114 valence electrons. The molecule has 6 nitrogen and oxygen atoms in total. The van der Waals surface area contributed by atoms with Crippen molar-refractivity contribution in [2.24, 2.45) is 10.2 Å². The summed E-state index contributed by atoms with van der Waals surface area (Å²) in [5.41, 5.74) is 0.566. The van der Waals surface area contributed by atoms with Crippen molar-refractivity contribution in [3.8, 4) is 11.5 Å². The standard InChI is InChI=1S/C17H12N2O4/c20-14-9-8-13(16-11(14)5-3-7-15(16)21)19-18-12-6-2-1-4-10(12)17(22)23/h1-9,20-21H,(H,22,23)/b19-18+. The van der Waals surface area contributed by atoms with Crippen molar-refractivity contribution in [2.45, 2.75) is 0 Å². The molecule has 6 heteroatoms. The summed E-state index contributed by atoms with van der Waals surface area (Å²) in [6.45, 7) is 0. The van der Waals surface area contributed by atoms with Crippen LogP contribution in [0.15, 0.2) is 64.8 Å². The van der Waals surface area contributed by atoms with Crippen molar-refractivity contribution in [1.82, 2.24) is 0 Å². The van der Waals surface area contributed by atoms with Crippen LogP contribution in [-0.2, 0) is 0 Å². The number of benzene rings is 3. The summed E-state index contributed by atoms with van der Waals surface area (Å²) < 4.78 is 0. The highest BCUT2D eigenvalue weighted by Crippen LogP contribution is 2.38. The lowest BCUT2D eigenvalue weighted by Gasteiger charge is -2.06. The van der Waals surface area contributed by atoms with Gasteiger partial charge in [0.05, 0.1) is 16.6 Å². The van der Waals surface area contributed by atoms with Crippen molar-refractivity contribution in [1.29, 1.82) is 0 Å². The number of carboxylic acid groups (broad SMARTS) is 1. The van der Waals surface area contributed by atoms with E-state index in [0.717, 1.165) is 0 Å². The Bertz CT molecular complexity index is 935. The fourth-order valence-electron chi connectivity index (χ4n) is 2.29. The van der Waals surface area contributed by atoms with Gasteiger partial charge in [0.1, 0.15) is 17.2 Å². The van der Waals surface area contributed by atoms with Crippen molar-refractivity contribution < 1.29 is 20.1 Å². The molecule has 0 aliphatic carbocycles. The van der Waals surface area contributed by atoms with Crippen LogP contribution in [-0.4, -0.2) is 21.3 Å². The number of aromatic hydroxyl groups is 2. The van der Waals surface area contributed by atoms with E-state index in [1.54, 1.807) is 24.3 Å². The van der Waals surface area contributed by atoms with E-state index < -0.39 is 5.97 Å². The van der Waals surface area contributed by atoms with E-state index in [1.807, 2.05) is 0 Å². The first-order chi connectivity index (χ1) is 11.1. The molecule has 0 aliphatic heterocycles. The molecule has 0 saturated heterocycles. The van der Waals surface area contributed by atoms with Crippen molar-refractivity contribution in [3.05, 3.63) is 60.2 Å². The first kappa shape index (κ1) is 14.5. The summed E-state index contributed by atoms with van der Waals surface area (Å²) in [5, 5.41) is 37.8. The predicted octanol–water partition coefficient (Wildman–Crippen LogP) is 4.36. The highest BCUT2D eigenvalue weighted by molar-refractivity contribution is 6.00. The summed E-state index contributed by atoms with van der Waals surface area (Å²) in [6.07, 6.45) is 0. The van der Waals surface area contributed by atoms with E-state index in [-0.39, 0.29) is 22.7 Å². The normalized spacial score (nSPS) is 11.1. The summed E-state index contributed by atoms with van der Waals surface area (Å²) in [5.74, 6) is -1.13. The third-order valence-electron chi connectivity index (χ3n) is 3.37. The van der Waals surface area contributed by atoms with Gasteiger partial charge >= 0.3 is 5.97 Å². The van der Waals surface area contributed by atoms with Gasteiger partial charge in [-0.1, -0.05) is 24.3 Å². The number of carbonyl (C=O) groups is 1. The van der Waals surface area contributed by atoms with Crippen molar-refractivity contribution in [2.75, 3.05) is 0 Å². The Balaban J connectivity index is 2.13. The third kappa shape index (κ3) is 2.69. The molecule has 0 fully saturated rings. The molecular formula is C17H12N2O4. The van der Waals surface area contributed by atoms with E-state index in [2.05, 4.69) is 10.2 Å². The van der Waals surface area contributed by atoms with Crippen LogP contribution < -0.4 is 0 Å². The molecule has 0 amide bonds. The van der Waals surface area contributed by atoms with Crippen molar-refractivity contribution >= 4 is 28.1 Å². The van der Waals surface area contributed by atoms with Gasteiger partial charge in [0.2, 0.25) is 0 Å². The second-order valence-corrected chi connectivity index (χ2v) is 4.83. The predicted molar refractivity (Wildman–Crippen MR) is 84.9 cm³/mol. The molecule has 3 aromatic carbocycles. The highest BCUT2D eigenvalue weighted by Gasteiger charge is 2.11. The Hall–Kier alpha value is -3.41. The van der Waals surface area contributed by atoms with Gasteiger partial charge in [0.25, 0.3) is 0 Å². The number of aromatic carboxylic acids is 1. The van der Waals surface area contributed by atoms with E-state index in [4.69, 9.17) is 5.11 Å². The second kappa shape index (κ2) is 5.76. The third-order valence-corrected chi connectivity index (χ3v) is 3.37. The molecule has 0 aliphatic rings. The Kier molecular flexibility index (Phi) is 3.64. The minimum atomic E-state index is -1.10. The summed E-state index contributed by atoms with van der Waals surface area (Å²) in [6, 6.07) is 13.9. The first-order valence-electron chi connectivity index (χ1n) is 6.75. The van der Waals surface area contributed by atoms with Crippen LogP contribution in [0, 0.1) is 0 Å². The molecular weight excluding hydrogens is 296 g/mol. The minimum Gasteiger partial charge on any atom is -0.507 e. The maximum absolute atomic E-state index is 11.2. The smallest absolute Gasteiger partial charge is 0.337 e. The zero-order valence-corrected chi connectivity index (χ0v) is 11.8. The van der Waals surface area contributed by atoms with E-state index in [9.17, 15) is 15.0 Å². The number of nitrogens with zero attached hydrogens (tertiary/aromatic N) is 2. The van der Waals surface area contributed by atoms with Crippen LogP contribution in [0.5, 0.6) is 11.5 Å². The fraction of sp³-hybridized carbons (Fsp3) is 0. The van der Waals surface area contributed by atoms with E-state index >= 15 is 0 Å². The Labute approximate surface area is 131 Å². The molecule has 0 aromatic heterocycles. The molecule has 23 heavy (non-hydrogen) atoms. The van der Waals surface area contributed by atoms with Crippen LogP contribution in [0.3, 0.4) is 0 Å². The fourth-order valence-corrected chi connectivity index (χ4v) is 2.29. The molecule has 0 radical (unpaired) electrons. The average molecular weight is 308 g/mol. The number of carboxylic acids is 1. The average Bonchev–Trinajstić information content (AvgIpc) is 2.55. The largest absolute Gasteiger partial charge is 0.507 e. The first-order valence-corrected chi connectivity index (χ1v) is 6.75. The van der Waals surface area contributed by atoms with E-state index in [0.29, 0.717) is 16.5 Å². The monoisotopic (exact) mass is 308 g/mol. The second-order valence-electron chi connectivity index (χ2n) is 4.83. The Morgan fingerprint density at radius 2 is 1.52 bits per heavy atom. The van der Waals surface area contributed by atoms with Gasteiger partial charge in [-0.15, -0.1) is 10.2 Å². The molecule has 0 spiro atoms. The minimum absolute atomic E-state index is 0.0146. The maximum atomic E-state index is 11.2. The summed E-state index contributed by atoms with van der Waals surface area (Å²) in [7, 11) is 0. The van der Waals surface area contributed by atoms with Crippen LogP contribution in [0.4, 0.5) is 11.4 Å². The molecule has 0 atom stereocenters. The van der Waals surface area contributed by atoms with Gasteiger partial charge in [0.15, 0.2) is 0 Å². The van der Waals surface area contributed by atoms with E-state index in [1.165, 1.54) is 30.3 Å². The number of rotatable bonds is 3. The maximum Gasteiger partial charge on any atom is 0.337 e. The Morgan fingerprint density at radius 3 is 2.30 bits per heavy atom. The number of fused-ring (bicyclic) bond motifs is 1. The van der Waals surface area contributed by atoms with Crippen LogP contribution in [0.1, 0.15) is 10.4 Å². The van der Waals surface area contributed by atoms with Crippen molar-refractivity contribution in [3.63, 3.8) is 0 Å². The molecule has 0 unspecified atom stereocenters. The molecule has 0 saturated carbocycles. The summed E-state index contributed by atoms with van der Waals surface area (Å²) in [4.78, 5) is 11.2. The van der Waals surface area contributed by atoms with Gasteiger partial charge in [-0.25, -0.2) is 4.79 Å². The lowest BCUT2D eigenvalue weighted by Crippen LogP contribution is -1.95. The molecule has 3 rings (SSSR count). The highest BCUT2D eigenvalue weighted by atomic mass is 16.4. The lowest BCUT2D eigenvalue weighted by atomic mass is 10.1. The van der Waals surface area contributed by atoms with Crippen LogP contribution in [0.25, 0.3) is 10.8 Å². The van der Waals surface area contributed by atoms with Gasteiger partial charge in [-0.3, -0.25) is 0 Å². The molecule has 0 bridgehead atoms. The number of hydrogen-bond donors (Lipinski definition) is 3. The van der Waals surface area contributed by atoms with Gasteiger partial charge < -0.3 is 15.3 Å². The quantitative estimate of drug-likeness (QED) is 0.625. The molecule has 0 heterocycles. The van der Waals surface area contributed by atoms with Crippen LogP contribution in [0.2, 0.25) is 0 Å². The topological polar surface area (TPSA) is 102 Å². The zero-order chi connectivity index (χ0) is 16.4. The molecule has 3 aromatic rings.